The predicted octanol–water partition coefficient (Wildman–Crippen LogP) is 3.70. The maximum absolute atomic E-state index is 13.1. The molecule has 28 heavy (non-hydrogen) atoms. The number of anilines is 1. The summed E-state index contributed by atoms with van der Waals surface area (Å²) in [4.78, 5) is 27.1. The summed E-state index contributed by atoms with van der Waals surface area (Å²) in [7, 11) is 1.61. The molecule has 146 valence electrons. The number of amides is 2. The number of methoxy groups -OCH3 is 1. The van der Waals surface area contributed by atoms with Crippen LogP contribution >= 0.6 is 0 Å². The summed E-state index contributed by atoms with van der Waals surface area (Å²) >= 11 is 0. The number of ether oxygens (including phenoxy) is 1. The zero-order valence-electron chi connectivity index (χ0n) is 16.4. The number of hydrogen-bond donors (Lipinski definition) is 1. The SMILES string of the molecule is COc1ccc(C(=O)N2c3cc(CNC(=O)C4CCC4)ccc3CC2C)cc1. The molecule has 5 nitrogen and oxygen atoms in total. The van der Waals surface area contributed by atoms with E-state index in [0.717, 1.165) is 42.7 Å². The monoisotopic (exact) mass is 378 g/mol. The Morgan fingerprint density at radius 3 is 2.54 bits per heavy atom. The second-order valence-corrected chi connectivity index (χ2v) is 7.77. The van der Waals surface area contributed by atoms with Crippen molar-refractivity contribution in [3.63, 3.8) is 0 Å². The third-order valence-corrected chi connectivity index (χ3v) is 5.86. The number of benzene rings is 2. The van der Waals surface area contributed by atoms with Crippen molar-refractivity contribution in [2.45, 2.75) is 45.2 Å². The molecule has 1 aliphatic heterocycles. The predicted molar refractivity (Wildman–Crippen MR) is 109 cm³/mol. The summed E-state index contributed by atoms with van der Waals surface area (Å²) < 4.78 is 5.18. The Labute approximate surface area is 165 Å². The fraction of sp³-hybridized carbons (Fsp3) is 0.391. The molecule has 2 aliphatic rings. The Bertz CT molecular complexity index is 887. The number of nitrogens with one attached hydrogen (secondary N) is 1. The molecule has 0 bridgehead atoms. The molecule has 0 radical (unpaired) electrons. The number of hydrogen-bond acceptors (Lipinski definition) is 3. The lowest BCUT2D eigenvalue weighted by Crippen LogP contribution is -2.36. The average Bonchev–Trinajstić information content (AvgIpc) is 2.99. The summed E-state index contributed by atoms with van der Waals surface area (Å²) in [5, 5.41) is 3.04. The fourth-order valence-corrected chi connectivity index (χ4v) is 3.95. The Morgan fingerprint density at radius 1 is 1.14 bits per heavy atom. The second-order valence-electron chi connectivity index (χ2n) is 7.77. The summed E-state index contributed by atoms with van der Waals surface area (Å²) in [6, 6.07) is 13.5. The maximum Gasteiger partial charge on any atom is 0.258 e. The van der Waals surface area contributed by atoms with Crippen LogP contribution in [0.1, 0.15) is 47.7 Å². The number of rotatable bonds is 5. The molecule has 1 atom stereocenters. The zero-order chi connectivity index (χ0) is 19.7. The largest absolute Gasteiger partial charge is 0.497 e. The van der Waals surface area contributed by atoms with Gasteiger partial charge in [0, 0.05) is 29.8 Å². The Kier molecular flexibility index (Phi) is 5.07. The first-order chi connectivity index (χ1) is 13.6. The molecule has 2 amide bonds. The van der Waals surface area contributed by atoms with Crippen molar-refractivity contribution in [1.29, 1.82) is 0 Å². The molecule has 1 N–H and O–H groups in total. The van der Waals surface area contributed by atoms with Crippen LogP contribution in [0.2, 0.25) is 0 Å². The average molecular weight is 378 g/mol. The van der Waals surface area contributed by atoms with Gasteiger partial charge in [-0.1, -0.05) is 18.6 Å². The van der Waals surface area contributed by atoms with Gasteiger partial charge in [0.25, 0.3) is 5.91 Å². The minimum absolute atomic E-state index is 0.00967. The van der Waals surface area contributed by atoms with Crippen LogP contribution in [0, 0.1) is 5.92 Å². The zero-order valence-corrected chi connectivity index (χ0v) is 16.4. The molecule has 1 unspecified atom stereocenters. The number of nitrogens with zero attached hydrogens (tertiary/aromatic N) is 1. The highest BCUT2D eigenvalue weighted by Gasteiger charge is 2.32. The third-order valence-electron chi connectivity index (χ3n) is 5.86. The molecule has 2 aromatic carbocycles. The normalized spacial score (nSPS) is 18.4. The molecular weight excluding hydrogens is 352 g/mol. The van der Waals surface area contributed by atoms with Crippen LogP contribution in [-0.4, -0.2) is 25.0 Å². The van der Waals surface area contributed by atoms with Crippen LogP contribution < -0.4 is 15.0 Å². The number of fused-ring (bicyclic) bond motifs is 1. The van der Waals surface area contributed by atoms with Gasteiger partial charge >= 0.3 is 0 Å². The smallest absolute Gasteiger partial charge is 0.258 e. The molecule has 4 rings (SSSR count). The van der Waals surface area contributed by atoms with Gasteiger partial charge in [-0.15, -0.1) is 0 Å². The molecule has 1 heterocycles. The molecule has 0 aromatic heterocycles. The summed E-state index contributed by atoms with van der Waals surface area (Å²) in [6.07, 6.45) is 3.98. The highest BCUT2D eigenvalue weighted by atomic mass is 16.5. The van der Waals surface area contributed by atoms with E-state index >= 15 is 0 Å². The fourth-order valence-electron chi connectivity index (χ4n) is 3.95. The van der Waals surface area contributed by atoms with Crippen molar-refractivity contribution < 1.29 is 14.3 Å². The molecule has 2 aromatic rings. The van der Waals surface area contributed by atoms with Crippen molar-refractivity contribution in [2.24, 2.45) is 5.92 Å². The van der Waals surface area contributed by atoms with E-state index < -0.39 is 0 Å². The van der Waals surface area contributed by atoms with Gasteiger partial charge in [0.2, 0.25) is 5.91 Å². The maximum atomic E-state index is 13.1. The van der Waals surface area contributed by atoms with Gasteiger partial charge in [-0.2, -0.15) is 0 Å². The van der Waals surface area contributed by atoms with Crippen molar-refractivity contribution in [1.82, 2.24) is 5.32 Å². The van der Waals surface area contributed by atoms with Gasteiger partial charge in [-0.05, 0) is 67.6 Å². The van der Waals surface area contributed by atoms with Gasteiger partial charge in [0.05, 0.1) is 7.11 Å². The van der Waals surface area contributed by atoms with E-state index in [1.165, 1.54) is 5.56 Å². The number of carbonyl (C=O) groups is 2. The van der Waals surface area contributed by atoms with Crippen LogP contribution in [0.25, 0.3) is 0 Å². The lowest BCUT2D eigenvalue weighted by Gasteiger charge is -2.25. The van der Waals surface area contributed by atoms with Crippen LogP contribution in [-0.2, 0) is 17.8 Å². The first kappa shape index (κ1) is 18.5. The van der Waals surface area contributed by atoms with Crippen LogP contribution in [0.5, 0.6) is 5.75 Å². The minimum Gasteiger partial charge on any atom is -0.497 e. The van der Waals surface area contributed by atoms with Gasteiger partial charge in [-0.3, -0.25) is 9.59 Å². The third kappa shape index (κ3) is 3.49. The van der Waals surface area contributed by atoms with Gasteiger partial charge in [0.15, 0.2) is 0 Å². The van der Waals surface area contributed by atoms with E-state index in [4.69, 9.17) is 4.74 Å². The topological polar surface area (TPSA) is 58.6 Å². The van der Waals surface area contributed by atoms with Gasteiger partial charge < -0.3 is 15.0 Å². The first-order valence-electron chi connectivity index (χ1n) is 9.94. The van der Waals surface area contributed by atoms with Crippen molar-refractivity contribution in [2.75, 3.05) is 12.0 Å². The van der Waals surface area contributed by atoms with Crippen molar-refractivity contribution >= 4 is 17.5 Å². The standard InChI is InChI=1S/C23H26N2O3/c1-15-12-19-7-6-16(14-24-22(26)17-4-3-5-17)13-21(19)25(15)23(27)18-8-10-20(28-2)11-9-18/h6-11,13,15,17H,3-5,12,14H2,1-2H3,(H,24,26). The molecular formula is C23H26N2O3. The van der Waals surface area contributed by atoms with E-state index in [1.807, 2.05) is 17.0 Å². The lowest BCUT2D eigenvalue weighted by atomic mass is 9.85. The highest BCUT2D eigenvalue weighted by molar-refractivity contribution is 6.07. The lowest BCUT2D eigenvalue weighted by molar-refractivity contribution is -0.127. The van der Waals surface area contributed by atoms with Crippen LogP contribution in [0.4, 0.5) is 5.69 Å². The van der Waals surface area contributed by atoms with E-state index in [2.05, 4.69) is 18.3 Å². The second kappa shape index (κ2) is 7.66. The van der Waals surface area contributed by atoms with Crippen LogP contribution in [0.15, 0.2) is 42.5 Å². The molecule has 0 spiro atoms. The summed E-state index contributed by atoms with van der Waals surface area (Å²) in [5.74, 6) is 1.05. The molecule has 1 saturated carbocycles. The molecule has 0 saturated heterocycles. The molecule has 5 heteroatoms. The first-order valence-corrected chi connectivity index (χ1v) is 9.94. The van der Waals surface area contributed by atoms with Crippen LogP contribution in [0.3, 0.4) is 0 Å². The molecule has 1 fully saturated rings. The Balaban J connectivity index is 1.52. The van der Waals surface area contributed by atoms with E-state index in [9.17, 15) is 9.59 Å². The number of carbonyl (C=O) groups excluding carboxylic acids is 2. The Morgan fingerprint density at radius 2 is 1.89 bits per heavy atom. The Hall–Kier alpha value is -2.82. The van der Waals surface area contributed by atoms with E-state index in [0.29, 0.717) is 12.1 Å². The molecule has 1 aliphatic carbocycles. The summed E-state index contributed by atoms with van der Waals surface area (Å²) in [5.41, 5.74) is 3.78. The van der Waals surface area contributed by atoms with E-state index in [-0.39, 0.29) is 23.8 Å². The minimum atomic E-state index is -0.00967. The van der Waals surface area contributed by atoms with Crippen molar-refractivity contribution in [3.8, 4) is 5.75 Å². The highest BCUT2D eigenvalue weighted by Crippen LogP contribution is 2.34. The van der Waals surface area contributed by atoms with Crippen molar-refractivity contribution in [3.05, 3.63) is 59.2 Å². The summed E-state index contributed by atoms with van der Waals surface area (Å²) in [6.45, 7) is 2.57. The quantitative estimate of drug-likeness (QED) is 0.863. The van der Waals surface area contributed by atoms with Gasteiger partial charge in [0.1, 0.15) is 5.75 Å². The van der Waals surface area contributed by atoms with Gasteiger partial charge in [-0.25, -0.2) is 0 Å². The van der Waals surface area contributed by atoms with E-state index in [1.54, 1.807) is 31.4 Å².